The van der Waals surface area contributed by atoms with E-state index in [1.807, 2.05) is 13.8 Å². The maximum Gasteiger partial charge on any atom is 0.161 e. The second-order valence-electron chi connectivity index (χ2n) is 2.98. The van der Waals surface area contributed by atoms with Crippen LogP contribution in [0.25, 0.3) is 0 Å². The molecule has 1 heterocycles. The summed E-state index contributed by atoms with van der Waals surface area (Å²) in [4.78, 5) is 20.2. The lowest BCUT2D eigenvalue weighted by Crippen LogP contribution is -2.01. The molecule has 0 saturated carbocycles. The highest BCUT2D eigenvalue weighted by molar-refractivity contribution is 5.87. The Morgan fingerprint density at radius 3 is 1.71 bits per heavy atom. The summed E-state index contributed by atoms with van der Waals surface area (Å²) in [5.74, 6) is 0.255. The van der Waals surface area contributed by atoms with E-state index in [1.54, 1.807) is 13.0 Å². The molecule has 1 saturated heterocycles. The summed E-state index contributed by atoms with van der Waals surface area (Å²) >= 11 is 0. The average Bonchev–Trinajstić information content (AvgIpc) is 2.67. The topological polar surface area (TPSA) is 78.2 Å². The van der Waals surface area contributed by atoms with Crippen molar-refractivity contribution in [2.24, 2.45) is 0 Å². The number of rotatable bonds is 2. The fourth-order valence-electron chi connectivity index (χ4n) is 0.847. The van der Waals surface area contributed by atoms with Gasteiger partial charge in [-0.2, -0.15) is 0 Å². The summed E-state index contributed by atoms with van der Waals surface area (Å²) in [6.45, 7) is 6.79. The van der Waals surface area contributed by atoms with E-state index >= 15 is 0 Å². The molecule has 4 nitrogen and oxygen atoms in total. The number of carbonyl (C=O) groups excluding carboxylic acids is 2. The third kappa shape index (κ3) is 7.64. The Morgan fingerprint density at radius 2 is 1.71 bits per heavy atom. The molecule has 82 valence electrons. The first-order valence-electron chi connectivity index (χ1n) is 4.28. The normalized spacial score (nSPS) is 23.1. The Balaban J connectivity index is 0. The quantitative estimate of drug-likeness (QED) is 0.488. The van der Waals surface area contributed by atoms with E-state index in [0.29, 0.717) is 0 Å². The molecule has 0 radical (unpaired) electrons. The lowest BCUT2D eigenvalue weighted by molar-refractivity contribution is -0.118. The molecular formula is C10H18O4. The van der Waals surface area contributed by atoms with Crippen molar-refractivity contribution >= 4 is 11.6 Å². The van der Waals surface area contributed by atoms with Gasteiger partial charge in [0, 0.05) is 0 Å². The van der Waals surface area contributed by atoms with Gasteiger partial charge in [-0.25, -0.2) is 0 Å². The van der Waals surface area contributed by atoms with Crippen LogP contribution >= 0.6 is 0 Å². The number of Topliss-reactive ketones (excluding diaryl/α,β-unsaturated/α-hetero) is 1. The number of ether oxygens (including phenoxy) is 1. The van der Waals surface area contributed by atoms with Crippen LogP contribution in [0.2, 0.25) is 0 Å². The van der Waals surface area contributed by atoms with Crippen molar-refractivity contribution in [2.45, 2.75) is 39.9 Å². The summed E-state index contributed by atoms with van der Waals surface area (Å²) in [6, 6.07) is 0. The van der Waals surface area contributed by atoms with Gasteiger partial charge in [0.1, 0.15) is 6.10 Å². The minimum atomic E-state index is -0.0694. The molecule has 0 aromatic heterocycles. The standard InChI is InChI=1S/C5H8O2.C5H8O.H2O/c1-3(6)5-4(2)7-5;1-3-4-5(2)6;/h4-5H,1-2H3;3-4H,1-2H3;1H2/b;4-3+;. The van der Waals surface area contributed by atoms with E-state index in [9.17, 15) is 9.59 Å². The summed E-state index contributed by atoms with van der Waals surface area (Å²) in [7, 11) is 0. The molecule has 14 heavy (non-hydrogen) atoms. The molecule has 2 unspecified atom stereocenters. The van der Waals surface area contributed by atoms with E-state index in [0.717, 1.165) is 0 Å². The molecule has 2 N–H and O–H groups in total. The van der Waals surface area contributed by atoms with Crippen molar-refractivity contribution in [3.8, 4) is 0 Å². The molecule has 1 rings (SSSR count). The number of carbonyl (C=O) groups is 2. The molecule has 4 heteroatoms. The van der Waals surface area contributed by atoms with Crippen LogP contribution in [0.1, 0.15) is 27.7 Å². The fourth-order valence-corrected chi connectivity index (χ4v) is 0.847. The van der Waals surface area contributed by atoms with E-state index in [-0.39, 0.29) is 29.3 Å². The Labute approximate surface area is 84.3 Å². The summed E-state index contributed by atoms with van der Waals surface area (Å²) in [5, 5.41) is 0. The predicted molar refractivity (Wildman–Crippen MR) is 54.1 cm³/mol. The SMILES string of the molecule is C/C=C/C(C)=O.CC(=O)C1OC1C.O. The van der Waals surface area contributed by atoms with E-state index in [4.69, 9.17) is 4.74 Å². The number of hydrogen-bond acceptors (Lipinski definition) is 3. The van der Waals surface area contributed by atoms with Gasteiger partial charge in [0.25, 0.3) is 0 Å². The Morgan fingerprint density at radius 1 is 1.29 bits per heavy atom. The minimum Gasteiger partial charge on any atom is -0.412 e. The number of hydrogen-bond donors (Lipinski definition) is 0. The average molecular weight is 202 g/mol. The molecule has 0 aliphatic carbocycles. The largest absolute Gasteiger partial charge is 0.412 e. The first-order valence-corrected chi connectivity index (χ1v) is 4.28. The van der Waals surface area contributed by atoms with Gasteiger partial charge in [0.05, 0.1) is 6.10 Å². The van der Waals surface area contributed by atoms with Crippen LogP contribution < -0.4 is 0 Å². The monoisotopic (exact) mass is 202 g/mol. The van der Waals surface area contributed by atoms with Crippen LogP contribution in [0.3, 0.4) is 0 Å². The predicted octanol–water partition coefficient (Wildman–Crippen LogP) is 0.690. The second-order valence-corrected chi connectivity index (χ2v) is 2.98. The highest BCUT2D eigenvalue weighted by atomic mass is 16.6. The molecular weight excluding hydrogens is 184 g/mol. The Bertz CT molecular complexity index is 220. The zero-order valence-electron chi connectivity index (χ0n) is 9.03. The molecule has 0 aromatic carbocycles. The lowest BCUT2D eigenvalue weighted by Gasteiger charge is -1.74. The molecule has 2 atom stereocenters. The van der Waals surface area contributed by atoms with Crippen molar-refractivity contribution in [1.29, 1.82) is 0 Å². The van der Waals surface area contributed by atoms with Crippen molar-refractivity contribution < 1.29 is 19.8 Å². The third-order valence-electron chi connectivity index (χ3n) is 1.51. The molecule has 0 spiro atoms. The van der Waals surface area contributed by atoms with Gasteiger partial charge in [-0.1, -0.05) is 6.08 Å². The van der Waals surface area contributed by atoms with Crippen LogP contribution in [0, 0.1) is 0 Å². The third-order valence-corrected chi connectivity index (χ3v) is 1.51. The number of epoxide rings is 1. The zero-order valence-corrected chi connectivity index (χ0v) is 9.03. The van der Waals surface area contributed by atoms with Crippen LogP contribution in [0.4, 0.5) is 0 Å². The molecule has 0 aromatic rings. The number of allylic oxidation sites excluding steroid dienone is 2. The van der Waals surface area contributed by atoms with Crippen molar-refractivity contribution in [3.63, 3.8) is 0 Å². The van der Waals surface area contributed by atoms with Crippen molar-refractivity contribution in [1.82, 2.24) is 0 Å². The first-order chi connectivity index (χ1) is 5.99. The van der Waals surface area contributed by atoms with Crippen molar-refractivity contribution in [3.05, 3.63) is 12.2 Å². The zero-order chi connectivity index (χ0) is 10.4. The van der Waals surface area contributed by atoms with Gasteiger partial charge in [0.2, 0.25) is 0 Å². The lowest BCUT2D eigenvalue weighted by atomic mass is 10.3. The van der Waals surface area contributed by atoms with Gasteiger partial charge in [0.15, 0.2) is 11.6 Å². The maximum atomic E-state index is 10.3. The fraction of sp³-hybridized carbons (Fsp3) is 0.600. The molecule has 1 aliphatic heterocycles. The van der Waals surface area contributed by atoms with Crippen LogP contribution in [0.5, 0.6) is 0 Å². The van der Waals surface area contributed by atoms with E-state index in [1.165, 1.54) is 13.0 Å². The second kappa shape index (κ2) is 7.41. The molecule has 1 fully saturated rings. The van der Waals surface area contributed by atoms with Crippen molar-refractivity contribution in [2.75, 3.05) is 0 Å². The van der Waals surface area contributed by atoms with Gasteiger partial charge in [-0.15, -0.1) is 0 Å². The van der Waals surface area contributed by atoms with Gasteiger partial charge in [-0.3, -0.25) is 9.59 Å². The smallest absolute Gasteiger partial charge is 0.161 e. The van der Waals surface area contributed by atoms with Crippen LogP contribution in [0.15, 0.2) is 12.2 Å². The van der Waals surface area contributed by atoms with Gasteiger partial charge < -0.3 is 10.2 Å². The van der Waals surface area contributed by atoms with Crippen LogP contribution in [-0.4, -0.2) is 29.3 Å². The van der Waals surface area contributed by atoms with Gasteiger partial charge in [-0.05, 0) is 33.8 Å². The molecule has 0 bridgehead atoms. The highest BCUT2D eigenvalue weighted by Gasteiger charge is 2.37. The first kappa shape index (κ1) is 15.5. The number of ketones is 2. The Hall–Kier alpha value is -1.00. The maximum absolute atomic E-state index is 10.3. The van der Waals surface area contributed by atoms with E-state index in [2.05, 4.69) is 0 Å². The molecule has 1 aliphatic rings. The summed E-state index contributed by atoms with van der Waals surface area (Å²) in [6.07, 6.45) is 3.37. The minimum absolute atomic E-state index is 0. The summed E-state index contributed by atoms with van der Waals surface area (Å²) < 4.78 is 4.83. The Kier molecular flexibility index (Phi) is 8.19. The molecule has 0 amide bonds. The van der Waals surface area contributed by atoms with Crippen LogP contribution in [-0.2, 0) is 14.3 Å². The highest BCUT2D eigenvalue weighted by Crippen LogP contribution is 2.20. The van der Waals surface area contributed by atoms with E-state index < -0.39 is 0 Å². The van der Waals surface area contributed by atoms with Gasteiger partial charge >= 0.3 is 0 Å². The summed E-state index contributed by atoms with van der Waals surface area (Å²) in [5.41, 5.74) is 0.